The third-order valence-electron chi connectivity index (χ3n) is 4.92. The molecule has 1 aliphatic rings. The number of hydrogen-bond acceptors (Lipinski definition) is 6. The van der Waals surface area contributed by atoms with Gasteiger partial charge in [0.2, 0.25) is 0 Å². The number of carbonyl (C=O) groups excluding carboxylic acids is 1. The van der Waals surface area contributed by atoms with E-state index in [1.54, 1.807) is 48.9 Å². The molecule has 1 unspecified atom stereocenters. The van der Waals surface area contributed by atoms with Crippen LogP contribution >= 0.6 is 0 Å². The summed E-state index contributed by atoms with van der Waals surface area (Å²) in [4.78, 5) is 30.0. The molecule has 8 heteroatoms. The van der Waals surface area contributed by atoms with Crippen molar-refractivity contribution in [3.8, 4) is 11.5 Å². The lowest BCUT2D eigenvalue weighted by atomic mass is 10.1. The number of nitrogens with zero attached hydrogens (tertiary/aromatic N) is 3. The minimum absolute atomic E-state index is 0.0147. The van der Waals surface area contributed by atoms with Gasteiger partial charge in [0, 0.05) is 24.1 Å². The number of carbonyl (C=O) groups is 1. The lowest BCUT2D eigenvalue weighted by Crippen LogP contribution is -2.32. The topological polar surface area (TPSA) is 99.3 Å². The van der Waals surface area contributed by atoms with Gasteiger partial charge < -0.3 is 19.1 Å². The van der Waals surface area contributed by atoms with E-state index in [1.807, 2.05) is 6.07 Å². The molecule has 1 saturated heterocycles. The second kappa shape index (κ2) is 8.00. The summed E-state index contributed by atoms with van der Waals surface area (Å²) in [5.41, 5.74) is 1.66. The number of anilines is 1. The molecule has 8 nitrogen and oxygen atoms in total. The van der Waals surface area contributed by atoms with E-state index in [0.717, 1.165) is 12.8 Å². The summed E-state index contributed by atoms with van der Waals surface area (Å²) in [5, 5.41) is 6.58. The predicted octanol–water partition coefficient (Wildman–Crippen LogP) is 2.95. The Bertz CT molecular complexity index is 1100. The van der Waals surface area contributed by atoms with Crippen LogP contribution in [0.25, 0.3) is 11.5 Å². The molecule has 0 spiro atoms. The van der Waals surface area contributed by atoms with Crippen LogP contribution in [0, 0.1) is 13.8 Å². The van der Waals surface area contributed by atoms with Crippen LogP contribution in [-0.2, 0) is 11.3 Å². The van der Waals surface area contributed by atoms with Gasteiger partial charge in [-0.2, -0.15) is 4.98 Å². The molecule has 0 radical (unpaired) electrons. The maximum atomic E-state index is 12.9. The number of hydrogen-bond donors (Lipinski definition) is 1. The van der Waals surface area contributed by atoms with Crippen molar-refractivity contribution in [2.75, 3.05) is 11.9 Å². The largest absolute Gasteiger partial charge is 0.376 e. The molecule has 1 N–H and O–H groups in total. The standard InChI is InChI=1S/C21H22N4O4/c1-13-8-9-25(12-17-7-4-10-28-17)21(27)18(13)19(26)23-16-6-3-5-15(11-16)20-22-14(2)24-29-20/h3,5-6,8-9,11,17H,4,7,10,12H2,1-2H3,(H,23,26). The molecule has 2 aromatic heterocycles. The molecule has 3 aromatic rings. The summed E-state index contributed by atoms with van der Waals surface area (Å²) in [7, 11) is 0. The Labute approximate surface area is 167 Å². The number of benzene rings is 1. The molecule has 150 valence electrons. The van der Waals surface area contributed by atoms with E-state index in [-0.39, 0.29) is 17.2 Å². The Hall–Kier alpha value is -3.26. The monoisotopic (exact) mass is 394 g/mol. The molecule has 1 aromatic carbocycles. The minimum Gasteiger partial charge on any atom is -0.376 e. The molecular weight excluding hydrogens is 372 g/mol. The van der Waals surface area contributed by atoms with E-state index >= 15 is 0 Å². The van der Waals surface area contributed by atoms with Crippen molar-refractivity contribution in [2.45, 2.75) is 39.3 Å². The fourth-order valence-corrected chi connectivity index (χ4v) is 3.43. The Morgan fingerprint density at radius 1 is 1.31 bits per heavy atom. The van der Waals surface area contributed by atoms with E-state index in [4.69, 9.17) is 9.26 Å². The molecule has 1 atom stereocenters. The molecule has 29 heavy (non-hydrogen) atoms. The number of aryl methyl sites for hydroxylation is 2. The number of pyridine rings is 1. The van der Waals surface area contributed by atoms with Crippen molar-refractivity contribution in [1.29, 1.82) is 0 Å². The van der Waals surface area contributed by atoms with E-state index in [0.29, 0.717) is 41.7 Å². The van der Waals surface area contributed by atoms with E-state index in [9.17, 15) is 9.59 Å². The Kier molecular flexibility index (Phi) is 5.26. The Morgan fingerprint density at radius 2 is 2.17 bits per heavy atom. The fraction of sp³-hybridized carbons (Fsp3) is 0.333. The number of nitrogens with one attached hydrogen (secondary N) is 1. The molecule has 0 bridgehead atoms. The molecule has 0 aliphatic carbocycles. The first-order valence-electron chi connectivity index (χ1n) is 9.55. The SMILES string of the molecule is Cc1noc(-c2cccc(NC(=O)c3c(C)ccn(CC4CCCO4)c3=O)c2)n1. The summed E-state index contributed by atoms with van der Waals surface area (Å²) < 4.78 is 12.3. The Morgan fingerprint density at radius 3 is 2.90 bits per heavy atom. The third-order valence-corrected chi connectivity index (χ3v) is 4.92. The first-order chi connectivity index (χ1) is 14.0. The zero-order valence-electron chi connectivity index (χ0n) is 16.3. The van der Waals surface area contributed by atoms with E-state index in [2.05, 4.69) is 15.5 Å². The lowest BCUT2D eigenvalue weighted by molar-refractivity contribution is 0.0952. The van der Waals surface area contributed by atoms with Gasteiger partial charge in [-0.1, -0.05) is 11.2 Å². The van der Waals surface area contributed by atoms with Crippen molar-refractivity contribution in [2.24, 2.45) is 0 Å². The molecule has 1 fully saturated rings. The predicted molar refractivity (Wildman–Crippen MR) is 107 cm³/mol. The van der Waals surface area contributed by atoms with Gasteiger partial charge in [-0.05, 0) is 56.5 Å². The van der Waals surface area contributed by atoms with E-state index in [1.165, 1.54) is 0 Å². The van der Waals surface area contributed by atoms with Gasteiger partial charge in [0.15, 0.2) is 5.82 Å². The quantitative estimate of drug-likeness (QED) is 0.714. The van der Waals surface area contributed by atoms with Crippen LogP contribution in [0.1, 0.15) is 34.6 Å². The molecule has 0 saturated carbocycles. The molecule has 4 rings (SSSR count). The van der Waals surface area contributed by atoms with Crippen LogP contribution in [0.5, 0.6) is 0 Å². The summed E-state index contributed by atoms with van der Waals surface area (Å²) in [5.74, 6) is 0.447. The van der Waals surface area contributed by atoms with Crippen LogP contribution in [0.3, 0.4) is 0 Å². The zero-order valence-corrected chi connectivity index (χ0v) is 16.3. The third kappa shape index (κ3) is 4.12. The highest BCUT2D eigenvalue weighted by atomic mass is 16.5. The average molecular weight is 394 g/mol. The second-order valence-electron chi connectivity index (χ2n) is 7.15. The first kappa shape index (κ1) is 19.1. The van der Waals surface area contributed by atoms with Gasteiger partial charge in [0.1, 0.15) is 5.56 Å². The van der Waals surface area contributed by atoms with Crippen LogP contribution in [0.2, 0.25) is 0 Å². The number of aromatic nitrogens is 3. The van der Waals surface area contributed by atoms with Crippen molar-refractivity contribution in [3.05, 3.63) is 63.8 Å². The van der Waals surface area contributed by atoms with Crippen LogP contribution in [0.4, 0.5) is 5.69 Å². The normalized spacial score (nSPS) is 16.1. The van der Waals surface area contributed by atoms with Crippen LogP contribution < -0.4 is 10.9 Å². The smallest absolute Gasteiger partial charge is 0.263 e. The second-order valence-corrected chi connectivity index (χ2v) is 7.15. The zero-order chi connectivity index (χ0) is 20.4. The van der Waals surface area contributed by atoms with Crippen LogP contribution in [0.15, 0.2) is 45.8 Å². The van der Waals surface area contributed by atoms with Crippen molar-refractivity contribution >= 4 is 11.6 Å². The van der Waals surface area contributed by atoms with Gasteiger partial charge in [-0.3, -0.25) is 9.59 Å². The summed E-state index contributed by atoms with van der Waals surface area (Å²) in [6.45, 7) is 4.66. The summed E-state index contributed by atoms with van der Waals surface area (Å²) in [6.07, 6.45) is 3.65. The summed E-state index contributed by atoms with van der Waals surface area (Å²) in [6, 6.07) is 8.84. The highest BCUT2D eigenvalue weighted by Crippen LogP contribution is 2.21. The number of amides is 1. The molecule has 1 amide bonds. The van der Waals surface area contributed by atoms with Gasteiger partial charge in [0.25, 0.3) is 17.4 Å². The number of ether oxygens (including phenoxy) is 1. The fourth-order valence-electron chi connectivity index (χ4n) is 3.43. The summed E-state index contributed by atoms with van der Waals surface area (Å²) >= 11 is 0. The number of rotatable bonds is 5. The van der Waals surface area contributed by atoms with Gasteiger partial charge in [-0.25, -0.2) is 0 Å². The van der Waals surface area contributed by atoms with E-state index < -0.39 is 5.91 Å². The Balaban J connectivity index is 1.57. The molecule has 1 aliphatic heterocycles. The van der Waals surface area contributed by atoms with Gasteiger partial charge >= 0.3 is 0 Å². The van der Waals surface area contributed by atoms with Crippen LogP contribution in [-0.4, -0.2) is 33.3 Å². The van der Waals surface area contributed by atoms with Gasteiger partial charge in [-0.15, -0.1) is 0 Å². The lowest BCUT2D eigenvalue weighted by Gasteiger charge is -2.14. The van der Waals surface area contributed by atoms with Crippen molar-refractivity contribution in [3.63, 3.8) is 0 Å². The maximum absolute atomic E-state index is 12.9. The highest BCUT2D eigenvalue weighted by Gasteiger charge is 2.20. The minimum atomic E-state index is -0.451. The molecule has 3 heterocycles. The van der Waals surface area contributed by atoms with Crippen molar-refractivity contribution in [1.82, 2.24) is 14.7 Å². The average Bonchev–Trinajstić information content (AvgIpc) is 3.36. The molecular formula is C21H22N4O4. The van der Waals surface area contributed by atoms with Gasteiger partial charge in [0.05, 0.1) is 12.6 Å². The first-order valence-corrected chi connectivity index (χ1v) is 9.55. The highest BCUT2D eigenvalue weighted by molar-refractivity contribution is 6.05. The maximum Gasteiger partial charge on any atom is 0.263 e. The van der Waals surface area contributed by atoms with Crippen molar-refractivity contribution < 1.29 is 14.1 Å².